The van der Waals surface area contributed by atoms with Crippen LogP contribution in [0.5, 0.6) is 5.75 Å². The fourth-order valence-corrected chi connectivity index (χ4v) is 1.77. The van der Waals surface area contributed by atoms with Crippen molar-refractivity contribution < 1.29 is 36.6 Å². The lowest BCUT2D eigenvalue weighted by Gasteiger charge is -2.12. The van der Waals surface area contributed by atoms with Gasteiger partial charge in [-0.15, -0.1) is 0 Å². The molecule has 0 saturated heterocycles. The Labute approximate surface area is 130 Å². The third kappa shape index (κ3) is 2.92. The lowest BCUT2D eigenvalue weighted by molar-refractivity contribution is -0.140. The van der Waals surface area contributed by atoms with Crippen LogP contribution in [-0.2, 0) is 10.9 Å². The molecule has 0 aliphatic rings. The average Bonchev–Trinajstić information content (AvgIpc) is 2.50. The summed E-state index contributed by atoms with van der Waals surface area (Å²) in [6.07, 6.45) is -5.10. The quantitative estimate of drug-likeness (QED) is 0.639. The molecule has 0 radical (unpaired) electrons. The number of aromatic nitrogens is 2. The molecule has 0 aliphatic heterocycles. The Morgan fingerprint density at radius 3 is 2.38 bits per heavy atom. The number of benzene rings is 1. The van der Waals surface area contributed by atoms with Crippen molar-refractivity contribution in [3.05, 3.63) is 35.0 Å². The first-order valence-electron chi connectivity index (χ1n) is 6.08. The van der Waals surface area contributed by atoms with Gasteiger partial charge in [0, 0.05) is 0 Å². The van der Waals surface area contributed by atoms with Crippen LogP contribution in [0.15, 0.2) is 12.1 Å². The Morgan fingerprint density at radius 1 is 1.21 bits per heavy atom. The molecule has 0 atom stereocenters. The van der Waals surface area contributed by atoms with Crippen LogP contribution in [0.2, 0.25) is 0 Å². The second-order valence-corrected chi connectivity index (χ2v) is 4.41. The first kappa shape index (κ1) is 17.4. The zero-order chi connectivity index (χ0) is 18.2. The summed E-state index contributed by atoms with van der Waals surface area (Å²) in [7, 11) is 0.956. The van der Waals surface area contributed by atoms with Gasteiger partial charge in [-0.2, -0.15) is 13.2 Å². The van der Waals surface area contributed by atoms with Crippen LogP contribution in [0.4, 0.5) is 27.8 Å². The summed E-state index contributed by atoms with van der Waals surface area (Å²) in [5, 5.41) is 9.58. The number of nitrogens with two attached hydrogens (primary N) is 1. The van der Waals surface area contributed by atoms with E-state index in [1.807, 2.05) is 0 Å². The molecule has 128 valence electrons. The van der Waals surface area contributed by atoms with Crippen molar-refractivity contribution in [2.24, 2.45) is 0 Å². The summed E-state index contributed by atoms with van der Waals surface area (Å²) in [6, 6.07) is 0.867. The smallest absolute Gasteiger partial charge is 0.419 e. The van der Waals surface area contributed by atoms with E-state index in [1.54, 1.807) is 0 Å². The standard InChI is InChI=1S/C13H8F5N3O3/c1-24-12(23)8-9(22)10(19)21-11(20-8)4-2-3-5(13(16,17)18)7(15)6(4)14/h2-3,22H,1H3,(H2,19,20,21). The molecule has 0 amide bonds. The molecule has 11 heteroatoms. The van der Waals surface area contributed by atoms with Crippen LogP contribution in [0.1, 0.15) is 16.1 Å². The second-order valence-electron chi connectivity index (χ2n) is 4.41. The van der Waals surface area contributed by atoms with Gasteiger partial charge in [-0.05, 0) is 12.1 Å². The predicted molar refractivity (Wildman–Crippen MR) is 69.8 cm³/mol. The average molecular weight is 349 g/mol. The molecule has 0 saturated carbocycles. The molecule has 0 unspecified atom stereocenters. The zero-order valence-electron chi connectivity index (χ0n) is 11.8. The van der Waals surface area contributed by atoms with Crippen LogP contribution in [0.25, 0.3) is 11.4 Å². The number of esters is 1. The molecular weight excluding hydrogens is 341 g/mol. The van der Waals surface area contributed by atoms with E-state index in [0.717, 1.165) is 7.11 Å². The lowest BCUT2D eigenvalue weighted by Crippen LogP contribution is -2.12. The molecule has 1 heterocycles. The lowest BCUT2D eigenvalue weighted by atomic mass is 10.1. The SMILES string of the molecule is COC(=O)c1nc(-c2ccc(C(F)(F)F)c(F)c2F)nc(N)c1O. The van der Waals surface area contributed by atoms with E-state index in [4.69, 9.17) is 5.73 Å². The van der Waals surface area contributed by atoms with Crippen molar-refractivity contribution in [3.63, 3.8) is 0 Å². The van der Waals surface area contributed by atoms with E-state index in [-0.39, 0.29) is 6.07 Å². The van der Waals surface area contributed by atoms with Crippen molar-refractivity contribution in [1.29, 1.82) is 0 Å². The number of aromatic hydroxyl groups is 1. The highest BCUT2D eigenvalue weighted by Crippen LogP contribution is 2.35. The first-order chi connectivity index (χ1) is 11.1. The number of hydrogen-bond donors (Lipinski definition) is 2. The molecular formula is C13H8F5N3O3. The largest absolute Gasteiger partial charge is 0.503 e. The van der Waals surface area contributed by atoms with Gasteiger partial charge in [0.05, 0.1) is 18.2 Å². The maximum atomic E-state index is 14.0. The number of halogens is 5. The molecule has 6 nitrogen and oxygen atoms in total. The molecule has 24 heavy (non-hydrogen) atoms. The van der Waals surface area contributed by atoms with Gasteiger partial charge in [0.1, 0.15) is 0 Å². The fraction of sp³-hybridized carbons (Fsp3) is 0.154. The number of nitrogens with zero attached hydrogens (tertiary/aromatic N) is 2. The van der Waals surface area contributed by atoms with Crippen LogP contribution < -0.4 is 5.73 Å². The van der Waals surface area contributed by atoms with Crippen molar-refractivity contribution in [2.45, 2.75) is 6.18 Å². The molecule has 2 rings (SSSR count). The van der Waals surface area contributed by atoms with Crippen molar-refractivity contribution in [1.82, 2.24) is 9.97 Å². The summed E-state index contributed by atoms with van der Waals surface area (Å²) >= 11 is 0. The minimum atomic E-state index is -5.10. The van der Waals surface area contributed by atoms with E-state index in [0.29, 0.717) is 6.07 Å². The minimum Gasteiger partial charge on any atom is -0.503 e. The highest BCUT2D eigenvalue weighted by molar-refractivity contribution is 5.92. The molecule has 0 aliphatic carbocycles. The highest BCUT2D eigenvalue weighted by Gasteiger charge is 2.36. The van der Waals surface area contributed by atoms with Crippen LogP contribution in [0, 0.1) is 11.6 Å². The van der Waals surface area contributed by atoms with Crippen molar-refractivity contribution in [2.75, 3.05) is 12.8 Å². The Hall–Kier alpha value is -2.98. The van der Waals surface area contributed by atoms with Gasteiger partial charge in [0.15, 0.2) is 34.7 Å². The molecule has 0 fully saturated rings. The maximum absolute atomic E-state index is 14.0. The van der Waals surface area contributed by atoms with Crippen molar-refractivity contribution >= 4 is 11.8 Å². The summed E-state index contributed by atoms with van der Waals surface area (Å²) in [5.41, 5.74) is 1.99. The van der Waals surface area contributed by atoms with Gasteiger partial charge < -0.3 is 15.6 Å². The van der Waals surface area contributed by atoms with Gasteiger partial charge in [0.25, 0.3) is 0 Å². The van der Waals surface area contributed by atoms with Crippen LogP contribution >= 0.6 is 0 Å². The van der Waals surface area contributed by atoms with Crippen LogP contribution in [0.3, 0.4) is 0 Å². The Bertz CT molecular complexity index is 823. The molecule has 3 N–H and O–H groups in total. The van der Waals surface area contributed by atoms with Gasteiger partial charge in [-0.1, -0.05) is 0 Å². The van der Waals surface area contributed by atoms with Gasteiger partial charge >= 0.3 is 12.1 Å². The number of carbonyl (C=O) groups is 1. The van der Waals surface area contributed by atoms with E-state index in [1.165, 1.54) is 0 Å². The van der Waals surface area contributed by atoms with Gasteiger partial charge in [-0.25, -0.2) is 23.5 Å². The number of anilines is 1. The number of hydrogen-bond acceptors (Lipinski definition) is 6. The van der Waals surface area contributed by atoms with Crippen LogP contribution in [-0.4, -0.2) is 28.2 Å². The number of methoxy groups -OCH3 is 1. The molecule has 0 spiro atoms. The number of alkyl halides is 3. The molecule has 0 bridgehead atoms. The summed E-state index contributed by atoms with van der Waals surface area (Å²) in [4.78, 5) is 18.4. The van der Waals surface area contributed by atoms with Gasteiger partial charge in [-0.3, -0.25) is 0 Å². The zero-order valence-corrected chi connectivity index (χ0v) is 11.8. The van der Waals surface area contributed by atoms with E-state index < -0.39 is 58.0 Å². The Morgan fingerprint density at radius 2 is 1.83 bits per heavy atom. The van der Waals surface area contributed by atoms with Crippen molar-refractivity contribution in [3.8, 4) is 17.1 Å². The summed E-state index contributed by atoms with van der Waals surface area (Å²) in [6.45, 7) is 0. The third-order valence-corrected chi connectivity index (χ3v) is 2.92. The number of nitrogen functional groups attached to an aromatic ring is 1. The Balaban J connectivity index is 2.68. The first-order valence-corrected chi connectivity index (χ1v) is 6.08. The predicted octanol–water partition coefficient (Wildman–Crippen LogP) is 2.52. The van der Waals surface area contributed by atoms with E-state index in [2.05, 4.69) is 14.7 Å². The third-order valence-electron chi connectivity index (χ3n) is 2.92. The minimum absolute atomic E-state index is 0.290. The van der Waals surface area contributed by atoms with E-state index in [9.17, 15) is 31.9 Å². The fourth-order valence-electron chi connectivity index (χ4n) is 1.77. The normalized spacial score (nSPS) is 11.4. The summed E-state index contributed by atoms with van der Waals surface area (Å²) in [5.74, 6) is -7.43. The number of ether oxygens (including phenoxy) is 1. The number of carbonyl (C=O) groups excluding carboxylic acids is 1. The van der Waals surface area contributed by atoms with Gasteiger partial charge in [0.2, 0.25) is 0 Å². The molecule has 2 aromatic rings. The maximum Gasteiger partial charge on any atom is 0.419 e. The number of rotatable bonds is 2. The topological polar surface area (TPSA) is 98.3 Å². The Kier molecular flexibility index (Phi) is 4.28. The molecule has 1 aromatic carbocycles. The molecule has 1 aromatic heterocycles. The monoisotopic (exact) mass is 349 g/mol. The highest BCUT2D eigenvalue weighted by atomic mass is 19.4. The second kappa shape index (κ2) is 5.91. The summed E-state index contributed by atoms with van der Waals surface area (Å²) < 4.78 is 69.5. The van der Waals surface area contributed by atoms with E-state index >= 15 is 0 Å².